The smallest absolute Gasteiger partial charge is 0.140 e. The molecule has 1 heterocycles. The molecular formula is C15H19F2NOS. The summed E-state index contributed by atoms with van der Waals surface area (Å²) in [6, 6.07) is 3.46. The van der Waals surface area contributed by atoms with Crippen LogP contribution in [-0.2, 0) is 11.3 Å². The van der Waals surface area contributed by atoms with Crippen molar-refractivity contribution < 1.29 is 13.5 Å². The molecule has 1 aromatic carbocycles. The van der Waals surface area contributed by atoms with E-state index < -0.39 is 11.6 Å². The Balaban J connectivity index is 1.66. The van der Waals surface area contributed by atoms with Crippen LogP contribution in [0.5, 0.6) is 0 Å². The van der Waals surface area contributed by atoms with Crippen molar-refractivity contribution in [2.75, 3.05) is 13.2 Å². The van der Waals surface area contributed by atoms with Gasteiger partial charge in [-0.1, -0.05) is 0 Å². The van der Waals surface area contributed by atoms with Crippen LogP contribution in [0.15, 0.2) is 17.0 Å². The highest BCUT2D eigenvalue weighted by Gasteiger charge is 2.22. The fourth-order valence-electron chi connectivity index (χ4n) is 2.34. The van der Waals surface area contributed by atoms with Gasteiger partial charge in [-0.25, -0.2) is 8.78 Å². The van der Waals surface area contributed by atoms with Gasteiger partial charge in [-0.05, 0) is 43.4 Å². The van der Waals surface area contributed by atoms with Crippen LogP contribution in [0.1, 0.15) is 31.2 Å². The van der Waals surface area contributed by atoms with E-state index in [-0.39, 0.29) is 10.1 Å². The number of ether oxygens (including phenoxy) is 1. The van der Waals surface area contributed by atoms with Crippen molar-refractivity contribution in [3.63, 3.8) is 0 Å². The van der Waals surface area contributed by atoms with Gasteiger partial charge in [0.15, 0.2) is 0 Å². The average molecular weight is 299 g/mol. The van der Waals surface area contributed by atoms with Crippen molar-refractivity contribution >= 4 is 11.8 Å². The highest BCUT2D eigenvalue weighted by molar-refractivity contribution is 8.00. The first-order valence-corrected chi connectivity index (χ1v) is 8.06. The monoisotopic (exact) mass is 299 g/mol. The second kappa shape index (κ2) is 6.41. The molecule has 0 radical (unpaired) electrons. The third kappa shape index (κ3) is 3.71. The summed E-state index contributed by atoms with van der Waals surface area (Å²) < 4.78 is 33.4. The van der Waals surface area contributed by atoms with Crippen LogP contribution in [0.4, 0.5) is 8.78 Å². The molecule has 2 nitrogen and oxygen atoms in total. The molecule has 0 bridgehead atoms. The molecule has 0 amide bonds. The lowest BCUT2D eigenvalue weighted by Crippen LogP contribution is -2.18. The standard InChI is InChI=1S/C15H19F2NOS/c16-13-7-10(9-18-11-1-2-11)8-14(17)15(13)20-12-3-5-19-6-4-12/h7-8,11-12,18H,1-6,9H2. The van der Waals surface area contributed by atoms with Crippen LogP contribution in [0.2, 0.25) is 0 Å². The minimum atomic E-state index is -0.436. The fraction of sp³-hybridized carbons (Fsp3) is 0.600. The van der Waals surface area contributed by atoms with Gasteiger partial charge in [0.05, 0.1) is 4.90 Å². The Morgan fingerprint density at radius 1 is 1.10 bits per heavy atom. The van der Waals surface area contributed by atoms with Crippen molar-refractivity contribution in [3.8, 4) is 0 Å². The number of hydrogen-bond donors (Lipinski definition) is 1. The van der Waals surface area contributed by atoms with Gasteiger partial charge in [0.25, 0.3) is 0 Å². The maximum atomic E-state index is 14.1. The molecule has 5 heteroatoms. The normalized spacial score (nSPS) is 20.3. The summed E-state index contributed by atoms with van der Waals surface area (Å²) in [7, 11) is 0. The van der Waals surface area contributed by atoms with Gasteiger partial charge in [0, 0.05) is 31.1 Å². The van der Waals surface area contributed by atoms with E-state index in [1.165, 1.54) is 36.7 Å². The lowest BCUT2D eigenvalue weighted by Gasteiger charge is -2.22. The van der Waals surface area contributed by atoms with Gasteiger partial charge >= 0.3 is 0 Å². The first kappa shape index (κ1) is 14.3. The van der Waals surface area contributed by atoms with E-state index >= 15 is 0 Å². The zero-order valence-corrected chi connectivity index (χ0v) is 12.1. The predicted molar refractivity (Wildman–Crippen MR) is 75.9 cm³/mol. The molecule has 1 N–H and O–H groups in total. The molecule has 0 spiro atoms. The van der Waals surface area contributed by atoms with E-state index in [0.29, 0.717) is 31.4 Å². The highest BCUT2D eigenvalue weighted by atomic mass is 32.2. The van der Waals surface area contributed by atoms with Crippen molar-refractivity contribution in [1.82, 2.24) is 5.32 Å². The molecule has 2 fully saturated rings. The number of hydrogen-bond acceptors (Lipinski definition) is 3. The Morgan fingerprint density at radius 2 is 1.75 bits per heavy atom. The summed E-state index contributed by atoms with van der Waals surface area (Å²) in [6.45, 7) is 1.91. The summed E-state index contributed by atoms with van der Waals surface area (Å²) in [6.07, 6.45) is 4.05. The van der Waals surface area contributed by atoms with E-state index in [9.17, 15) is 8.78 Å². The van der Waals surface area contributed by atoms with Gasteiger partial charge in [-0.15, -0.1) is 11.8 Å². The molecular weight excluding hydrogens is 280 g/mol. The number of nitrogens with one attached hydrogen (secondary N) is 1. The van der Waals surface area contributed by atoms with E-state index in [1.807, 2.05) is 0 Å². The lowest BCUT2D eigenvalue weighted by atomic mass is 10.2. The van der Waals surface area contributed by atoms with Crippen molar-refractivity contribution in [1.29, 1.82) is 0 Å². The Hall–Kier alpha value is -0.650. The summed E-state index contributed by atoms with van der Waals surface area (Å²) in [5, 5.41) is 3.52. The number of rotatable bonds is 5. The predicted octanol–water partition coefficient (Wildman–Crippen LogP) is 3.49. The van der Waals surface area contributed by atoms with Gasteiger partial charge in [0.2, 0.25) is 0 Å². The van der Waals surface area contributed by atoms with Gasteiger partial charge in [0.1, 0.15) is 11.6 Å². The molecule has 0 unspecified atom stereocenters. The van der Waals surface area contributed by atoms with E-state index in [1.54, 1.807) is 0 Å². The van der Waals surface area contributed by atoms with Crippen LogP contribution in [-0.4, -0.2) is 24.5 Å². The van der Waals surface area contributed by atoms with Gasteiger partial charge in [-0.3, -0.25) is 0 Å². The van der Waals surface area contributed by atoms with Crippen molar-refractivity contribution in [3.05, 3.63) is 29.3 Å². The highest BCUT2D eigenvalue weighted by Crippen LogP contribution is 2.34. The Kier molecular flexibility index (Phi) is 4.58. The largest absolute Gasteiger partial charge is 0.381 e. The molecule has 1 saturated heterocycles. The Labute approximate surface area is 122 Å². The first-order chi connectivity index (χ1) is 9.72. The van der Waals surface area contributed by atoms with Crippen LogP contribution in [0.25, 0.3) is 0 Å². The van der Waals surface area contributed by atoms with E-state index in [4.69, 9.17) is 4.74 Å². The van der Waals surface area contributed by atoms with Crippen LogP contribution >= 0.6 is 11.8 Å². The molecule has 0 aromatic heterocycles. The first-order valence-electron chi connectivity index (χ1n) is 7.18. The van der Waals surface area contributed by atoms with E-state index in [2.05, 4.69) is 5.32 Å². The van der Waals surface area contributed by atoms with Gasteiger partial charge in [-0.2, -0.15) is 0 Å². The quantitative estimate of drug-likeness (QED) is 0.899. The van der Waals surface area contributed by atoms with E-state index in [0.717, 1.165) is 12.8 Å². The molecule has 0 atom stereocenters. The molecule has 1 aliphatic carbocycles. The number of thioether (sulfide) groups is 1. The molecule has 110 valence electrons. The van der Waals surface area contributed by atoms with Gasteiger partial charge < -0.3 is 10.1 Å². The minimum Gasteiger partial charge on any atom is -0.381 e. The summed E-state index contributed by atoms with van der Waals surface area (Å²) >= 11 is 1.31. The topological polar surface area (TPSA) is 21.3 Å². The molecule has 1 saturated carbocycles. The Morgan fingerprint density at radius 3 is 2.35 bits per heavy atom. The number of benzene rings is 1. The number of halogens is 2. The average Bonchev–Trinajstić information content (AvgIpc) is 3.26. The fourth-order valence-corrected chi connectivity index (χ4v) is 3.44. The van der Waals surface area contributed by atoms with Crippen LogP contribution < -0.4 is 5.32 Å². The summed E-state index contributed by atoms with van der Waals surface area (Å²) in [5.41, 5.74) is 0.684. The second-order valence-corrected chi connectivity index (χ2v) is 6.78. The maximum absolute atomic E-state index is 14.1. The molecule has 1 aliphatic heterocycles. The second-order valence-electron chi connectivity index (χ2n) is 5.47. The molecule has 2 aliphatic rings. The third-order valence-corrected chi connectivity index (χ3v) is 5.11. The summed E-state index contributed by atoms with van der Waals surface area (Å²) in [4.78, 5) is 0.159. The zero-order chi connectivity index (χ0) is 13.9. The molecule has 1 aromatic rings. The Bertz CT molecular complexity index is 450. The summed E-state index contributed by atoms with van der Waals surface area (Å²) in [5.74, 6) is -0.872. The third-order valence-electron chi connectivity index (χ3n) is 3.68. The molecule has 3 rings (SSSR count). The van der Waals surface area contributed by atoms with Crippen molar-refractivity contribution in [2.24, 2.45) is 0 Å². The SMILES string of the molecule is Fc1cc(CNC2CC2)cc(F)c1SC1CCOCC1. The lowest BCUT2D eigenvalue weighted by molar-refractivity contribution is 0.1000. The minimum absolute atomic E-state index is 0.159. The van der Waals surface area contributed by atoms with Crippen LogP contribution in [0.3, 0.4) is 0 Å². The molecule has 20 heavy (non-hydrogen) atoms. The van der Waals surface area contributed by atoms with Crippen LogP contribution in [0, 0.1) is 11.6 Å². The zero-order valence-electron chi connectivity index (χ0n) is 11.3. The van der Waals surface area contributed by atoms with Crippen molar-refractivity contribution in [2.45, 2.75) is 48.4 Å². The maximum Gasteiger partial charge on any atom is 0.140 e.